The van der Waals surface area contributed by atoms with Crippen LogP contribution in [0, 0.1) is 0 Å². The summed E-state index contributed by atoms with van der Waals surface area (Å²) in [6.07, 6.45) is 6.34. The van der Waals surface area contributed by atoms with Gasteiger partial charge in [-0.15, -0.1) is 0 Å². The van der Waals surface area contributed by atoms with Crippen LogP contribution in [-0.2, 0) is 0 Å². The molecule has 0 unspecified atom stereocenters. The van der Waals surface area contributed by atoms with Gasteiger partial charge in [0.25, 0.3) is 0 Å². The molecule has 2 fully saturated rings. The summed E-state index contributed by atoms with van der Waals surface area (Å²) in [5, 5.41) is 4.94. The molecule has 0 bridgehead atoms. The second-order valence-electron chi connectivity index (χ2n) is 8.98. The molecule has 0 saturated carbocycles. The van der Waals surface area contributed by atoms with Crippen LogP contribution in [0.1, 0.15) is 41.6 Å². The average molecular weight is 521 g/mol. The highest BCUT2D eigenvalue weighted by Crippen LogP contribution is 2.29. The molecule has 0 amide bonds. The number of hydrazone groups is 1. The molecule has 5 rings (SSSR count). The summed E-state index contributed by atoms with van der Waals surface area (Å²) < 4.78 is 11.0. The summed E-state index contributed by atoms with van der Waals surface area (Å²) in [6, 6.07) is 13.7. The number of carbonyl (C=O) groups is 1. The van der Waals surface area contributed by atoms with Crippen LogP contribution in [-0.4, -0.2) is 55.4 Å². The van der Waals surface area contributed by atoms with Crippen LogP contribution >= 0.6 is 11.6 Å². The lowest BCUT2D eigenvalue weighted by Gasteiger charge is -2.21. The van der Waals surface area contributed by atoms with Crippen LogP contribution in [0.5, 0.6) is 11.5 Å². The predicted octanol–water partition coefficient (Wildman–Crippen LogP) is 5.00. The summed E-state index contributed by atoms with van der Waals surface area (Å²) in [5.74, 6) is 2.56. The van der Waals surface area contributed by atoms with Gasteiger partial charge in [0, 0.05) is 37.3 Å². The van der Waals surface area contributed by atoms with Gasteiger partial charge in [0.05, 0.1) is 18.9 Å². The first kappa shape index (κ1) is 24.8. The number of ether oxygens (including phenoxy) is 2. The third-order valence-corrected chi connectivity index (χ3v) is 6.63. The molecule has 2 aromatic carbocycles. The summed E-state index contributed by atoms with van der Waals surface area (Å²) >= 11 is 5.90. The summed E-state index contributed by atoms with van der Waals surface area (Å²) in [4.78, 5) is 26.5. The summed E-state index contributed by atoms with van der Waals surface area (Å²) in [7, 11) is 1.52. The molecule has 3 heterocycles. The molecule has 10 heteroatoms. The van der Waals surface area contributed by atoms with E-state index in [1.54, 1.807) is 48.7 Å². The smallest absolute Gasteiger partial charge is 0.343 e. The number of nitrogens with one attached hydrogen (secondary N) is 1. The first-order valence-corrected chi connectivity index (χ1v) is 12.8. The molecule has 0 spiro atoms. The zero-order valence-corrected chi connectivity index (χ0v) is 21.4. The largest absolute Gasteiger partial charge is 0.493 e. The zero-order valence-electron chi connectivity index (χ0n) is 20.7. The van der Waals surface area contributed by atoms with Crippen LogP contribution in [0.3, 0.4) is 0 Å². The molecule has 0 aliphatic carbocycles. The molecule has 192 valence electrons. The molecule has 3 aromatic rings. The Bertz CT molecular complexity index is 1240. The van der Waals surface area contributed by atoms with Crippen LogP contribution < -0.4 is 24.7 Å². The third-order valence-electron chi connectivity index (χ3n) is 6.38. The average Bonchev–Trinajstić information content (AvgIpc) is 3.65. The van der Waals surface area contributed by atoms with Gasteiger partial charge in [0.1, 0.15) is 5.82 Å². The fourth-order valence-electron chi connectivity index (χ4n) is 4.41. The van der Waals surface area contributed by atoms with Gasteiger partial charge in [0.15, 0.2) is 17.3 Å². The number of methoxy groups -OCH3 is 1. The van der Waals surface area contributed by atoms with Crippen molar-refractivity contribution in [3.63, 3.8) is 0 Å². The number of rotatable bonds is 8. The third kappa shape index (κ3) is 6.11. The lowest BCUT2D eigenvalue weighted by Crippen LogP contribution is -2.24. The Kier molecular flexibility index (Phi) is 7.70. The fraction of sp³-hybridized carbons (Fsp3) is 0.333. The maximum absolute atomic E-state index is 12.5. The highest BCUT2D eigenvalue weighted by Gasteiger charge is 2.20. The van der Waals surface area contributed by atoms with E-state index in [2.05, 4.69) is 20.3 Å². The van der Waals surface area contributed by atoms with Crippen molar-refractivity contribution in [1.82, 2.24) is 9.97 Å². The van der Waals surface area contributed by atoms with Crippen molar-refractivity contribution in [2.45, 2.75) is 25.7 Å². The van der Waals surface area contributed by atoms with E-state index in [1.807, 2.05) is 6.07 Å². The highest BCUT2D eigenvalue weighted by atomic mass is 35.5. The maximum Gasteiger partial charge on any atom is 0.343 e. The lowest BCUT2D eigenvalue weighted by molar-refractivity contribution is 0.0729. The minimum Gasteiger partial charge on any atom is -0.493 e. The molecular weight excluding hydrogens is 492 g/mol. The van der Waals surface area contributed by atoms with Gasteiger partial charge in [0.2, 0.25) is 5.95 Å². The van der Waals surface area contributed by atoms with Gasteiger partial charge in [-0.05, 0) is 73.7 Å². The maximum atomic E-state index is 12.5. The number of halogens is 1. The molecule has 0 radical (unpaired) electrons. The monoisotopic (exact) mass is 520 g/mol. The van der Waals surface area contributed by atoms with Gasteiger partial charge in [-0.25, -0.2) is 4.79 Å². The molecule has 9 nitrogen and oxygen atoms in total. The van der Waals surface area contributed by atoms with E-state index in [-0.39, 0.29) is 0 Å². The molecular formula is C27H29ClN6O3. The van der Waals surface area contributed by atoms with Crippen LogP contribution in [0.15, 0.2) is 53.6 Å². The number of aromatic nitrogens is 2. The molecule has 1 N–H and O–H groups in total. The van der Waals surface area contributed by atoms with E-state index in [0.29, 0.717) is 27.9 Å². The number of anilines is 3. The van der Waals surface area contributed by atoms with E-state index in [4.69, 9.17) is 31.0 Å². The van der Waals surface area contributed by atoms with Crippen molar-refractivity contribution >= 4 is 41.4 Å². The van der Waals surface area contributed by atoms with Gasteiger partial charge in [-0.3, -0.25) is 5.43 Å². The number of carbonyl (C=O) groups excluding carboxylic acids is 1. The Labute approximate surface area is 221 Å². The summed E-state index contributed by atoms with van der Waals surface area (Å²) in [5.41, 5.74) is 4.22. The number of esters is 1. The first-order chi connectivity index (χ1) is 18.1. The van der Waals surface area contributed by atoms with E-state index in [0.717, 1.165) is 56.4 Å². The Morgan fingerprint density at radius 1 is 0.946 bits per heavy atom. The minimum atomic E-state index is -0.496. The van der Waals surface area contributed by atoms with Gasteiger partial charge < -0.3 is 19.3 Å². The molecule has 0 atom stereocenters. The van der Waals surface area contributed by atoms with Gasteiger partial charge in [-0.1, -0.05) is 11.6 Å². The Hall–Kier alpha value is -3.85. The van der Waals surface area contributed by atoms with Crippen LogP contribution in [0.4, 0.5) is 17.6 Å². The quantitative estimate of drug-likeness (QED) is 0.192. The number of benzene rings is 2. The Balaban J connectivity index is 1.29. The van der Waals surface area contributed by atoms with Crippen molar-refractivity contribution < 1.29 is 14.3 Å². The highest BCUT2D eigenvalue weighted by molar-refractivity contribution is 6.30. The fourth-order valence-corrected chi connectivity index (χ4v) is 4.54. The van der Waals surface area contributed by atoms with Gasteiger partial charge >= 0.3 is 5.97 Å². The second-order valence-corrected chi connectivity index (χ2v) is 9.41. The Morgan fingerprint density at radius 2 is 1.65 bits per heavy atom. The van der Waals surface area contributed by atoms with Crippen LogP contribution in [0.25, 0.3) is 0 Å². The number of nitrogens with zero attached hydrogens (tertiary/aromatic N) is 5. The van der Waals surface area contributed by atoms with Crippen molar-refractivity contribution in [3.05, 3.63) is 64.7 Å². The molecule has 2 aliphatic heterocycles. The number of hydrogen-bond donors (Lipinski definition) is 1. The van der Waals surface area contributed by atoms with Crippen molar-refractivity contribution in [2.75, 3.05) is 48.5 Å². The molecule has 1 aromatic heterocycles. The van der Waals surface area contributed by atoms with Gasteiger partial charge in [-0.2, -0.15) is 15.1 Å². The molecule has 37 heavy (non-hydrogen) atoms. The zero-order chi connectivity index (χ0) is 25.6. The summed E-state index contributed by atoms with van der Waals surface area (Å²) in [6.45, 7) is 3.96. The molecule has 2 aliphatic rings. The van der Waals surface area contributed by atoms with E-state index >= 15 is 0 Å². The number of hydrogen-bond acceptors (Lipinski definition) is 9. The standard InChI is InChI=1S/C27H29ClN6O3/c1-36-23-16-19(6-11-22(23)37-26(35)20-7-9-21(28)10-8-20)18-29-32-24-17-25(33-12-2-3-13-33)31-27(30-24)34-14-4-5-15-34/h6-11,16-18H,2-5,12-15H2,1H3,(H,30,31,32)/b29-18-. The normalized spacial score (nSPS) is 15.4. The first-order valence-electron chi connectivity index (χ1n) is 12.4. The van der Waals surface area contributed by atoms with Crippen molar-refractivity contribution in [2.24, 2.45) is 5.10 Å². The Morgan fingerprint density at radius 3 is 2.35 bits per heavy atom. The topological polar surface area (TPSA) is 92.2 Å². The van der Waals surface area contributed by atoms with E-state index in [9.17, 15) is 4.79 Å². The van der Waals surface area contributed by atoms with E-state index in [1.165, 1.54) is 20.0 Å². The minimum absolute atomic E-state index is 0.314. The second kappa shape index (κ2) is 11.5. The van der Waals surface area contributed by atoms with Crippen LogP contribution in [0.2, 0.25) is 5.02 Å². The van der Waals surface area contributed by atoms with E-state index < -0.39 is 5.97 Å². The SMILES string of the molecule is COc1cc(/C=N\Nc2cc(N3CCCC3)nc(N3CCCC3)n2)ccc1OC(=O)c1ccc(Cl)cc1. The molecule has 2 saturated heterocycles. The van der Waals surface area contributed by atoms with Crippen molar-refractivity contribution in [3.8, 4) is 11.5 Å². The predicted molar refractivity (Wildman–Crippen MR) is 146 cm³/mol. The van der Waals surface area contributed by atoms with Crippen molar-refractivity contribution in [1.29, 1.82) is 0 Å². The lowest BCUT2D eigenvalue weighted by atomic mass is 10.2.